The number of aromatic nitrogens is 1. The van der Waals surface area contributed by atoms with Gasteiger partial charge in [0.05, 0.1) is 13.2 Å². The largest absolute Gasteiger partial charge is 0.481 e. The Morgan fingerprint density at radius 3 is 2.90 bits per heavy atom. The van der Waals surface area contributed by atoms with Gasteiger partial charge in [0, 0.05) is 29.6 Å². The molecule has 1 aromatic heterocycles. The third-order valence-corrected chi connectivity index (χ3v) is 3.29. The third kappa shape index (κ3) is 5.06. The lowest BCUT2D eigenvalue weighted by molar-refractivity contribution is 0.194. The van der Waals surface area contributed by atoms with E-state index in [1.54, 1.807) is 7.11 Å². The smallest absolute Gasteiger partial charge is 0.404 e. The van der Waals surface area contributed by atoms with Crippen molar-refractivity contribution >= 4 is 11.8 Å². The van der Waals surface area contributed by atoms with Crippen molar-refractivity contribution in [3.8, 4) is 5.88 Å². The van der Waals surface area contributed by atoms with Gasteiger partial charge in [0.15, 0.2) is 0 Å². The van der Waals surface area contributed by atoms with Gasteiger partial charge in [-0.15, -0.1) is 0 Å². The molecule has 0 aliphatic heterocycles. The van der Waals surface area contributed by atoms with Gasteiger partial charge >= 0.3 is 6.09 Å². The van der Waals surface area contributed by atoms with Crippen LogP contribution < -0.4 is 10.1 Å². The van der Waals surface area contributed by atoms with E-state index in [1.165, 1.54) is 12.8 Å². The molecular formula is C15H21N3O3. The van der Waals surface area contributed by atoms with Crippen LogP contribution in [-0.2, 0) is 6.42 Å². The topological polar surface area (TPSA) is 83.8 Å². The van der Waals surface area contributed by atoms with E-state index in [0.29, 0.717) is 31.3 Å². The Morgan fingerprint density at radius 1 is 1.52 bits per heavy atom. The fraction of sp³-hybridized carbons (Fsp3) is 0.533. The van der Waals surface area contributed by atoms with Crippen molar-refractivity contribution in [1.29, 1.82) is 0 Å². The van der Waals surface area contributed by atoms with E-state index in [2.05, 4.69) is 15.3 Å². The molecule has 0 spiro atoms. The van der Waals surface area contributed by atoms with Crippen LogP contribution in [0.15, 0.2) is 17.1 Å². The highest BCUT2D eigenvalue weighted by atomic mass is 16.5. The molecule has 1 saturated carbocycles. The van der Waals surface area contributed by atoms with Crippen molar-refractivity contribution in [1.82, 2.24) is 10.3 Å². The van der Waals surface area contributed by atoms with Crippen LogP contribution in [0, 0.1) is 0 Å². The number of methoxy groups -OCH3 is 1. The highest BCUT2D eigenvalue weighted by Gasteiger charge is 2.20. The van der Waals surface area contributed by atoms with Gasteiger partial charge in [0.1, 0.15) is 0 Å². The van der Waals surface area contributed by atoms with Crippen molar-refractivity contribution in [2.45, 2.75) is 38.6 Å². The molecule has 0 aromatic carbocycles. The molecule has 6 nitrogen and oxygen atoms in total. The number of rotatable bonds is 7. The van der Waals surface area contributed by atoms with E-state index >= 15 is 0 Å². The molecule has 1 heterocycles. The van der Waals surface area contributed by atoms with Gasteiger partial charge in [-0.05, 0) is 38.7 Å². The molecule has 0 bridgehead atoms. The molecule has 21 heavy (non-hydrogen) atoms. The summed E-state index contributed by atoms with van der Waals surface area (Å²) in [5.74, 6) is 0.569. The van der Waals surface area contributed by atoms with Gasteiger partial charge < -0.3 is 15.2 Å². The van der Waals surface area contributed by atoms with E-state index in [-0.39, 0.29) is 0 Å². The van der Waals surface area contributed by atoms with Gasteiger partial charge in [-0.2, -0.15) is 0 Å². The number of hydrogen-bond acceptors (Lipinski definition) is 4. The summed E-state index contributed by atoms with van der Waals surface area (Å²) in [6.45, 7) is 2.42. The first-order valence-corrected chi connectivity index (χ1v) is 7.15. The van der Waals surface area contributed by atoms with Crippen LogP contribution >= 0.6 is 0 Å². The molecule has 1 fully saturated rings. The average Bonchev–Trinajstić information content (AvgIpc) is 3.27. The Morgan fingerprint density at radius 2 is 2.29 bits per heavy atom. The fourth-order valence-electron chi connectivity index (χ4n) is 2.02. The number of amides is 1. The molecule has 0 unspecified atom stereocenters. The van der Waals surface area contributed by atoms with Gasteiger partial charge in [-0.25, -0.2) is 9.78 Å². The highest BCUT2D eigenvalue weighted by molar-refractivity contribution is 5.99. The fourth-order valence-corrected chi connectivity index (χ4v) is 2.02. The van der Waals surface area contributed by atoms with Crippen molar-refractivity contribution in [3.63, 3.8) is 0 Å². The van der Waals surface area contributed by atoms with Gasteiger partial charge in [-0.1, -0.05) is 0 Å². The maximum absolute atomic E-state index is 10.4. The second-order valence-corrected chi connectivity index (χ2v) is 5.17. The maximum Gasteiger partial charge on any atom is 0.404 e. The number of hydrogen-bond donors (Lipinski definition) is 2. The second kappa shape index (κ2) is 7.06. The lowest BCUT2D eigenvalue weighted by atomic mass is 10.1. The van der Waals surface area contributed by atoms with Crippen molar-refractivity contribution in [3.05, 3.63) is 23.4 Å². The molecule has 0 atom stereocenters. The zero-order valence-electron chi connectivity index (χ0n) is 12.4. The quantitative estimate of drug-likeness (QED) is 0.596. The summed E-state index contributed by atoms with van der Waals surface area (Å²) in [6.07, 6.45) is 2.74. The molecule has 6 heteroatoms. The van der Waals surface area contributed by atoms with Crippen LogP contribution in [0.4, 0.5) is 4.79 Å². The zero-order chi connectivity index (χ0) is 15.2. The van der Waals surface area contributed by atoms with Crippen LogP contribution in [-0.4, -0.2) is 41.6 Å². The lowest BCUT2D eigenvalue weighted by Crippen LogP contribution is -2.22. The summed E-state index contributed by atoms with van der Waals surface area (Å²) in [5.41, 5.74) is 2.92. The van der Waals surface area contributed by atoms with Crippen LogP contribution in [0.25, 0.3) is 0 Å². The van der Waals surface area contributed by atoms with E-state index in [1.807, 2.05) is 19.1 Å². The normalized spacial score (nSPS) is 14.9. The first-order chi connectivity index (χ1) is 10.1. The number of nitrogens with one attached hydrogen (secondary N) is 1. The molecule has 114 valence electrons. The first kappa shape index (κ1) is 15.3. The number of ether oxygens (including phenoxy) is 1. The average molecular weight is 291 g/mol. The summed E-state index contributed by atoms with van der Waals surface area (Å²) in [7, 11) is 1.59. The molecule has 2 N–H and O–H groups in total. The van der Waals surface area contributed by atoms with Crippen LogP contribution in [0.1, 0.15) is 37.4 Å². The van der Waals surface area contributed by atoms with Gasteiger partial charge in [0.2, 0.25) is 5.88 Å². The van der Waals surface area contributed by atoms with Crippen LogP contribution in [0.3, 0.4) is 0 Å². The van der Waals surface area contributed by atoms with Crippen molar-refractivity contribution in [2.24, 2.45) is 4.99 Å². The summed E-state index contributed by atoms with van der Waals surface area (Å²) in [4.78, 5) is 19.4. The number of nitrogens with zero attached hydrogens (tertiary/aromatic N) is 2. The first-order valence-electron chi connectivity index (χ1n) is 7.15. The highest BCUT2D eigenvalue weighted by Crippen LogP contribution is 2.25. The lowest BCUT2D eigenvalue weighted by Gasteiger charge is -2.08. The van der Waals surface area contributed by atoms with Gasteiger partial charge in [0.25, 0.3) is 0 Å². The number of carbonyl (C=O) groups is 1. The SMILES string of the molecule is COc1cc(/C(C)=N/C2CC2)cc(CCCNC(=O)O)n1. The number of aryl methyl sites for hydroxylation is 1. The molecule has 1 aliphatic rings. The third-order valence-electron chi connectivity index (χ3n) is 3.29. The molecule has 2 rings (SSSR count). The zero-order valence-corrected chi connectivity index (χ0v) is 12.4. The summed E-state index contributed by atoms with van der Waals surface area (Å²) in [5, 5.41) is 10.9. The van der Waals surface area contributed by atoms with Crippen molar-refractivity contribution < 1.29 is 14.6 Å². The van der Waals surface area contributed by atoms with Crippen molar-refractivity contribution in [2.75, 3.05) is 13.7 Å². The maximum atomic E-state index is 10.4. The minimum atomic E-state index is -0.998. The predicted molar refractivity (Wildman–Crippen MR) is 80.4 cm³/mol. The summed E-state index contributed by atoms with van der Waals surface area (Å²) < 4.78 is 5.23. The molecule has 1 aromatic rings. The van der Waals surface area contributed by atoms with E-state index < -0.39 is 6.09 Å². The van der Waals surface area contributed by atoms with E-state index in [4.69, 9.17) is 9.84 Å². The Hall–Kier alpha value is -2.11. The summed E-state index contributed by atoms with van der Waals surface area (Å²) >= 11 is 0. The standard InChI is InChI=1S/C15H21N3O3/c1-10(17-12-5-6-12)11-8-13(18-14(9-11)21-2)4-3-7-16-15(19)20/h8-9,12,16H,3-7H2,1-2H3,(H,19,20)/b17-10+. The molecular weight excluding hydrogens is 270 g/mol. The number of pyridine rings is 1. The minimum absolute atomic E-state index is 0.415. The Balaban J connectivity index is 2.04. The Kier molecular flexibility index (Phi) is 5.14. The van der Waals surface area contributed by atoms with E-state index in [9.17, 15) is 4.79 Å². The summed E-state index contributed by atoms with van der Waals surface area (Å²) in [6, 6.07) is 4.37. The van der Waals surface area contributed by atoms with Gasteiger partial charge in [-0.3, -0.25) is 4.99 Å². The Bertz CT molecular complexity index is 539. The Labute approximate surface area is 124 Å². The predicted octanol–water partition coefficient (Wildman–Crippen LogP) is 2.26. The minimum Gasteiger partial charge on any atom is -0.481 e. The monoisotopic (exact) mass is 291 g/mol. The van der Waals surface area contributed by atoms with E-state index in [0.717, 1.165) is 17.0 Å². The molecule has 1 aliphatic carbocycles. The molecule has 1 amide bonds. The number of carboxylic acid groups (broad SMARTS) is 1. The number of aliphatic imine (C=N–C) groups is 1. The molecule has 0 saturated heterocycles. The van der Waals surface area contributed by atoms with Crippen LogP contribution in [0.5, 0.6) is 5.88 Å². The van der Waals surface area contributed by atoms with Crippen LogP contribution in [0.2, 0.25) is 0 Å². The molecule has 0 radical (unpaired) electrons. The second-order valence-electron chi connectivity index (χ2n) is 5.17.